The molecule has 14 heavy (non-hydrogen) atoms. The molecule has 0 amide bonds. The van der Waals surface area contributed by atoms with Gasteiger partial charge >= 0.3 is 0 Å². The van der Waals surface area contributed by atoms with Crippen molar-refractivity contribution >= 4 is 0 Å². The average Bonchev–Trinajstić information content (AvgIpc) is 2.21. The molecular formula is C12H20N2. The van der Waals surface area contributed by atoms with Crippen LogP contribution in [-0.2, 0) is 0 Å². The number of nitriles is 1. The largest absolute Gasteiger partial charge is 0.372 e. The second-order valence-corrected chi connectivity index (χ2v) is 3.99. The van der Waals surface area contributed by atoms with Crippen molar-refractivity contribution in [1.29, 1.82) is 5.26 Å². The molecule has 0 atom stereocenters. The normalized spacial score (nSPS) is 19.1. The van der Waals surface area contributed by atoms with Crippen LogP contribution in [0.5, 0.6) is 0 Å². The Hall–Kier alpha value is -0.970. The van der Waals surface area contributed by atoms with E-state index in [2.05, 4.69) is 17.9 Å². The van der Waals surface area contributed by atoms with E-state index in [0.29, 0.717) is 6.04 Å². The van der Waals surface area contributed by atoms with Gasteiger partial charge in [0.1, 0.15) is 0 Å². The van der Waals surface area contributed by atoms with Gasteiger partial charge in [0.2, 0.25) is 0 Å². The first-order valence-corrected chi connectivity index (χ1v) is 5.62. The summed E-state index contributed by atoms with van der Waals surface area (Å²) in [4.78, 5) is 2.38. The van der Waals surface area contributed by atoms with Crippen molar-refractivity contribution in [3.05, 3.63) is 11.8 Å². The van der Waals surface area contributed by atoms with Gasteiger partial charge in [-0.3, -0.25) is 0 Å². The van der Waals surface area contributed by atoms with E-state index in [0.717, 1.165) is 12.2 Å². The standard InChI is InChI=1S/C12H20N2/c1-3-14(11(2)9-10-13)12-7-5-4-6-8-12/h9,12H,3-8H2,1-2H3. The molecule has 1 saturated carbocycles. The fraction of sp³-hybridized carbons (Fsp3) is 0.750. The zero-order valence-corrected chi connectivity index (χ0v) is 9.29. The van der Waals surface area contributed by atoms with Crippen LogP contribution in [0.3, 0.4) is 0 Å². The minimum Gasteiger partial charge on any atom is -0.372 e. The highest BCUT2D eigenvalue weighted by atomic mass is 15.2. The molecule has 0 aromatic heterocycles. The van der Waals surface area contributed by atoms with E-state index in [-0.39, 0.29) is 0 Å². The third-order valence-electron chi connectivity index (χ3n) is 3.08. The van der Waals surface area contributed by atoms with Crippen LogP contribution in [0.4, 0.5) is 0 Å². The first-order valence-electron chi connectivity index (χ1n) is 5.62. The Kier molecular flexibility index (Phi) is 4.52. The smallest absolute Gasteiger partial charge is 0.0930 e. The maximum absolute atomic E-state index is 8.63. The van der Waals surface area contributed by atoms with E-state index in [1.54, 1.807) is 6.08 Å². The van der Waals surface area contributed by atoms with Crippen LogP contribution < -0.4 is 0 Å². The van der Waals surface area contributed by atoms with E-state index < -0.39 is 0 Å². The molecule has 0 aromatic carbocycles. The van der Waals surface area contributed by atoms with Crippen LogP contribution in [0.2, 0.25) is 0 Å². The maximum Gasteiger partial charge on any atom is 0.0930 e. The summed E-state index contributed by atoms with van der Waals surface area (Å²) in [6.07, 6.45) is 8.34. The zero-order valence-electron chi connectivity index (χ0n) is 9.29. The molecule has 2 heteroatoms. The van der Waals surface area contributed by atoms with Crippen molar-refractivity contribution in [2.45, 2.75) is 52.0 Å². The van der Waals surface area contributed by atoms with Crippen molar-refractivity contribution in [3.63, 3.8) is 0 Å². The van der Waals surface area contributed by atoms with Crippen molar-refractivity contribution in [3.8, 4) is 6.07 Å². The molecule has 0 N–H and O–H groups in total. The molecule has 0 heterocycles. The predicted octanol–water partition coefficient (Wildman–Crippen LogP) is 3.07. The molecule has 1 aliphatic carbocycles. The molecule has 2 nitrogen and oxygen atoms in total. The molecule has 0 radical (unpaired) electrons. The fourth-order valence-electron chi connectivity index (χ4n) is 2.36. The maximum atomic E-state index is 8.63. The van der Waals surface area contributed by atoms with Gasteiger partial charge in [0.15, 0.2) is 0 Å². The van der Waals surface area contributed by atoms with Gasteiger partial charge in [0.05, 0.1) is 6.07 Å². The highest BCUT2D eigenvalue weighted by molar-refractivity contribution is 5.11. The molecule has 0 aliphatic heterocycles. The molecule has 0 saturated heterocycles. The van der Waals surface area contributed by atoms with Gasteiger partial charge < -0.3 is 4.90 Å². The lowest BCUT2D eigenvalue weighted by Crippen LogP contribution is -2.35. The van der Waals surface area contributed by atoms with Crippen LogP contribution in [0, 0.1) is 11.3 Å². The van der Waals surface area contributed by atoms with E-state index in [1.807, 2.05) is 6.92 Å². The minimum atomic E-state index is 0.679. The van der Waals surface area contributed by atoms with Crippen molar-refractivity contribution in [2.75, 3.05) is 6.54 Å². The van der Waals surface area contributed by atoms with Crippen LogP contribution in [0.25, 0.3) is 0 Å². The Balaban J connectivity index is 2.60. The number of rotatable bonds is 3. The Morgan fingerprint density at radius 3 is 2.57 bits per heavy atom. The number of nitrogens with zero attached hydrogens (tertiary/aromatic N) is 2. The van der Waals surface area contributed by atoms with Crippen molar-refractivity contribution in [2.24, 2.45) is 0 Å². The summed E-state index contributed by atoms with van der Waals surface area (Å²) in [5, 5.41) is 8.63. The minimum absolute atomic E-state index is 0.679. The molecule has 0 unspecified atom stereocenters. The third-order valence-corrected chi connectivity index (χ3v) is 3.08. The van der Waals surface area contributed by atoms with Crippen LogP contribution in [0.15, 0.2) is 11.8 Å². The number of hydrogen-bond acceptors (Lipinski definition) is 2. The Morgan fingerprint density at radius 2 is 2.07 bits per heavy atom. The lowest BCUT2D eigenvalue weighted by Gasteiger charge is -2.35. The van der Waals surface area contributed by atoms with Crippen LogP contribution >= 0.6 is 0 Å². The molecule has 1 fully saturated rings. The molecular weight excluding hydrogens is 172 g/mol. The SMILES string of the molecule is CCN(C(C)=CC#N)C1CCCCC1. The summed E-state index contributed by atoms with van der Waals surface area (Å²) in [5.74, 6) is 0. The molecule has 78 valence electrons. The summed E-state index contributed by atoms with van der Waals surface area (Å²) < 4.78 is 0. The first-order chi connectivity index (χ1) is 6.79. The Labute approximate surface area is 87.2 Å². The third kappa shape index (κ3) is 2.77. The van der Waals surface area contributed by atoms with Gasteiger partial charge in [0, 0.05) is 24.4 Å². The quantitative estimate of drug-likeness (QED) is 0.642. The predicted molar refractivity (Wildman–Crippen MR) is 58.6 cm³/mol. The highest BCUT2D eigenvalue weighted by Gasteiger charge is 2.19. The van der Waals surface area contributed by atoms with E-state index in [4.69, 9.17) is 5.26 Å². The van der Waals surface area contributed by atoms with E-state index >= 15 is 0 Å². The number of allylic oxidation sites excluding steroid dienone is 2. The Bertz CT molecular complexity index is 231. The van der Waals surface area contributed by atoms with Gasteiger partial charge in [-0.05, 0) is 26.7 Å². The van der Waals surface area contributed by atoms with Crippen molar-refractivity contribution in [1.82, 2.24) is 4.90 Å². The van der Waals surface area contributed by atoms with Gasteiger partial charge in [-0.25, -0.2) is 0 Å². The van der Waals surface area contributed by atoms with Gasteiger partial charge in [-0.1, -0.05) is 19.3 Å². The van der Waals surface area contributed by atoms with Crippen LogP contribution in [-0.4, -0.2) is 17.5 Å². The molecule has 1 rings (SSSR count). The molecule has 0 bridgehead atoms. The molecule has 1 aliphatic rings. The first kappa shape index (κ1) is 11.1. The second-order valence-electron chi connectivity index (χ2n) is 3.99. The topological polar surface area (TPSA) is 27.0 Å². The summed E-state index contributed by atoms with van der Waals surface area (Å²) in [6.45, 7) is 5.24. The number of hydrogen-bond donors (Lipinski definition) is 0. The average molecular weight is 192 g/mol. The van der Waals surface area contributed by atoms with Crippen LogP contribution in [0.1, 0.15) is 46.0 Å². The highest BCUT2D eigenvalue weighted by Crippen LogP contribution is 2.24. The van der Waals surface area contributed by atoms with Gasteiger partial charge in [0.25, 0.3) is 0 Å². The summed E-state index contributed by atoms with van der Waals surface area (Å²) in [6, 6.07) is 2.80. The monoisotopic (exact) mass is 192 g/mol. The van der Waals surface area contributed by atoms with Crippen molar-refractivity contribution < 1.29 is 0 Å². The second kappa shape index (κ2) is 5.70. The summed E-state index contributed by atoms with van der Waals surface area (Å²) >= 11 is 0. The van der Waals surface area contributed by atoms with E-state index in [9.17, 15) is 0 Å². The van der Waals surface area contributed by atoms with Gasteiger partial charge in [-0.2, -0.15) is 5.26 Å². The molecule has 0 aromatic rings. The summed E-state index contributed by atoms with van der Waals surface area (Å²) in [5.41, 5.74) is 1.13. The fourth-order valence-corrected chi connectivity index (χ4v) is 2.36. The lowest BCUT2D eigenvalue weighted by molar-refractivity contribution is 0.208. The summed E-state index contributed by atoms with van der Waals surface area (Å²) in [7, 11) is 0. The molecule has 0 spiro atoms. The van der Waals surface area contributed by atoms with Gasteiger partial charge in [-0.15, -0.1) is 0 Å². The lowest BCUT2D eigenvalue weighted by atomic mass is 9.94. The van der Waals surface area contributed by atoms with E-state index in [1.165, 1.54) is 32.1 Å². The zero-order chi connectivity index (χ0) is 10.4. The Morgan fingerprint density at radius 1 is 1.43 bits per heavy atom.